The van der Waals surface area contributed by atoms with Gasteiger partial charge in [0, 0.05) is 12.8 Å². The van der Waals surface area contributed by atoms with Crippen LogP contribution in [-0.4, -0.2) is 16.6 Å². The predicted octanol–water partition coefficient (Wildman–Crippen LogP) is 6.03. The van der Waals surface area contributed by atoms with E-state index in [1.807, 2.05) is 61.5 Å². The molecule has 1 fully saturated rings. The molecule has 0 radical (unpaired) electrons. The summed E-state index contributed by atoms with van der Waals surface area (Å²) < 4.78 is 0. The van der Waals surface area contributed by atoms with Crippen molar-refractivity contribution in [3.8, 4) is 0 Å². The number of rotatable bonds is 3. The van der Waals surface area contributed by atoms with E-state index in [4.69, 9.17) is 4.99 Å². The molecule has 1 aliphatic rings. The molecule has 0 saturated heterocycles. The van der Waals surface area contributed by atoms with Crippen LogP contribution in [0.5, 0.6) is 0 Å². The Morgan fingerprint density at radius 1 is 0.964 bits per heavy atom. The number of benzene rings is 3. The minimum Gasteiger partial charge on any atom is -0.511 e. The summed E-state index contributed by atoms with van der Waals surface area (Å²) in [6.45, 7) is 2.03. The Balaban J connectivity index is 1.74. The van der Waals surface area contributed by atoms with E-state index in [0.717, 1.165) is 28.4 Å². The van der Waals surface area contributed by atoms with E-state index in [-0.39, 0.29) is 11.5 Å². The van der Waals surface area contributed by atoms with Crippen LogP contribution in [0, 0.1) is 6.92 Å². The lowest BCUT2D eigenvalue weighted by Crippen LogP contribution is -2.21. The van der Waals surface area contributed by atoms with E-state index in [9.17, 15) is 9.90 Å². The van der Waals surface area contributed by atoms with Gasteiger partial charge in [0.1, 0.15) is 5.76 Å². The van der Waals surface area contributed by atoms with Crippen molar-refractivity contribution in [3.63, 3.8) is 0 Å². The SMILES string of the molecule is Cc1ccc(N=C2CCCC(=O)/C2=C(\O)Cc2cccc3ccccc23)cc1. The molecule has 28 heavy (non-hydrogen) atoms. The van der Waals surface area contributed by atoms with E-state index in [2.05, 4.69) is 12.1 Å². The van der Waals surface area contributed by atoms with Gasteiger partial charge in [-0.25, -0.2) is 0 Å². The fourth-order valence-corrected chi connectivity index (χ4v) is 3.76. The second-order valence-corrected chi connectivity index (χ2v) is 7.31. The number of aliphatic hydroxyl groups excluding tert-OH is 1. The summed E-state index contributed by atoms with van der Waals surface area (Å²) in [4.78, 5) is 17.3. The van der Waals surface area contributed by atoms with E-state index in [1.165, 1.54) is 5.56 Å². The van der Waals surface area contributed by atoms with Gasteiger partial charge in [0.05, 0.1) is 17.0 Å². The van der Waals surface area contributed by atoms with Gasteiger partial charge in [0.25, 0.3) is 0 Å². The normalized spacial score (nSPS) is 17.9. The molecule has 3 aromatic carbocycles. The maximum atomic E-state index is 12.6. The molecule has 0 aliphatic heterocycles. The van der Waals surface area contributed by atoms with Gasteiger partial charge in [-0.05, 0) is 48.2 Å². The Morgan fingerprint density at radius 3 is 2.54 bits per heavy atom. The predicted molar refractivity (Wildman–Crippen MR) is 114 cm³/mol. The summed E-state index contributed by atoms with van der Waals surface area (Å²) in [6, 6.07) is 22.0. The van der Waals surface area contributed by atoms with Crippen LogP contribution < -0.4 is 0 Å². The van der Waals surface area contributed by atoms with Gasteiger partial charge in [-0.1, -0.05) is 60.2 Å². The van der Waals surface area contributed by atoms with E-state index >= 15 is 0 Å². The molecule has 0 unspecified atom stereocenters. The number of ketones is 1. The molecule has 140 valence electrons. The molecule has 0 spiro atoms. The number of allylic oxidation sites excluding steroid dienone is 2. The van der Waals surface area contributed by atoms with Crippen LogP contribution >= 0.6 is 0 Å². The number of carbonyl (C=O) groups excluding carboxylic acids is 1. The van der Waals surface area contributed by atoms with Crippen molar-refractivity contribution in [2.75, 3.05) is 0 Å². The standard InChI is InChI=1S/C25H23NO2/c1-17-12-14-20(15-13-17)26-22-10-5-11-23(27)25(22)24(28)16-19-8-4-7-18-6-2-3-9-21(18)19/h2-4,6-9,12-15,28H,5,10-11,16H2,1H3/b25-24-,26-22?. The maximum absolute atomic E-state index is 12.6. The van der Waals surface area contributed by atoms with Crippen molar-refractivity contribution in [1.29, 1.82) is 0 Å². The first-order valence-corrected chi connectivity index (χ1v) is 9.68. The lowest BCUT2D eigenvalue weighted by Gasteiger charge is -2.18. The van der Waals surface area contributed by atoms with E-state index < -0.39 is 0 Å². The van der Waals surface area contributed by atoms with Crippen molar-refractivity contribution in [3.05, 3.63) is 89.2 Å². The number of aliphatic imine (C=N–C) groups is 1. The zero-order valence-electron chi connectivity index (χ0n) is 16.0. The fourth-order valence-electron chi connectivity index (χ4n) is 3.76. The van der Waals surface area contributed by atoms with Crippen LogP contribution in [0.2, 0.25) is 0 Å². The third-order valence-corrected chi connectivity index (χ3v) is 5.21. The third kappa shape index (κ3) is 3.74. The highest BCUT2D eigenvalue weighted by Gasteiger charge is 2.25. The minimum atomic E-state index is -0.0187. The van der Waals surface area contributed by atoms with Crippen molar-refractivity contribution < 1.29 is 9.90 Å². The van der Waals surface area contributed by atoms with Gasteiger partial charge in [0.15, 0.2) is 5.78 Å². The Hall–Kier alpha value is -3.20. The fraction of sp³-hybridized carbons (Fsp3) is 0.200. The molecule has 0 bridgehead atoms. The average molecular weight is 369 g/mol. The molecular formula is C25H23NO2. The zero-order valence-corrected chi connectivity index (χ0v) is 16.0. The van der Waals surface area contributed by atoms with Gasteiger partial charge in [-0.3, -0.25) is 9.79 Å². The summed E-state index contributed by atoms with van der Waals surface area (Å²) >= 11 is 0. The minimum absolute atomic E-state index is 0.0187. The summed E-state index contributed by atoms with van der Waals surface area (Å²) in [6.07, 6.45) is 2.26. The number of hydrogen-bond acceptors (Lipinski definition) is 3. The third-order valence-electron chi connectivity index (χ3n) is 5.21. The summed E-state index contributed by atoms with van der Waals surface area (Å²) in [5, 5.41) is 13.1. The van der Waals surface area contributed by atoms with Crippen molar-refractivity contribution in [1.82, 2.24) is 0 Å². The molecule has 3 heteroatoms. The quantitative estimate of drug-likeness (QED) is 0.453. The highest BCUT2D eigenvalue weighted by Crippen LogP contribution is 2.27. The molecular weight excluding hydrogens is 346 g/mol. The van der Waals surface area contributed by atoms with Crippen LogP contribution in [0.4, 0.5) is 5.69 Å². The maximum Gasteiger partial charge on any atom is 0.168 e. The van der Waals surface area contributed by atoms with E-state index in [0.29, 0.717) is 30.5 Å². The lowest BCUT2D eigenvalue weighted by atomic mass is 9.88. The van der Waals surface area contributed by atoms with Crippen LogP contribution in [0.3, 0.4) is 0 Å². The molecule has 1 N–H and O–H groups in total. The van der Waals surface area contributed by atoms with Crippen molar-refractivity contribution in [2.24, 2.45) is 4.99 Å². The molecule has 0 amide bonds. The van der Waals surface area contributed by atoms with Gasteiger partial charge in [0.2, 0.25) is 0 Å². The zero-order chi connectivity index (χ0) is 19.5. The number of Topliss-reactive ketones (excluding diaryl/α,β-unsaturated/α-hetero) is 1. The topological polar surface area (TPSA) is 49.7 Å². The monoisotopic (exact) mass is 369 g/mol. The van der Waals surface area contributed by atoms with E-state index in [1.54, 1.807) is 0 Å². The lowest BCUT2D eigenvalue weighted by molar-refractivity contribution is -0.115. The van der Waals surface area contributed by atoms with Gasteiger partial charge < -0.3 is 5.11 Å². The van der Waals surface area contributed by atoms with Crippen LogP contribution in [0.15, 0.2) is 83.1 Å². The van der Waals surface area contributed by atoms with Gasteiger partial charge >= 0.3 is 0 Å². The molecule has 0 heterocycles. The second-order valence-electron chi connectivity index (χ2n) is 7.31. The molecule has 1 saturated carbocycles. The van der Waals surface area contributed by atoms with Crippen LogP contribution in [-0.2, 0) is 11.2 Å². The second kappa shape index (κ2) is 7.81. The molecule has 1 aliphatic carbocycles. The summed E-state index contributed by atoms with van der Waals surface area (Å²) in [7, 11) is 0. The first kappa shape index (κ1) is 18.2. The molecule has 0 atom stereocenters. The average Bonchev–Trinajstić information content (AvgIpc) is 2.70. The Labute approximate surface area is 165 Å². The summed E-state index contributed by atoms with van der Waals surface area (Å²) in [5.41, 5.74) is 4.08. The number of nitrogens with zero attached hydrogens (tertiary/aromatic N) is 1. The van der Waals surface area contributed by atoms with Gasteiger partial charge in [-0.15, -0.1) is 0 Å². The Kier molecular flexibility index (Phi) is 5.07. The number of aryl methyl sites for hydroxylation is 1. The Morgan fingerprint density at radius 2 is 1.71 bits per heavy atom. The number of carbonyl (C=O) groups is 1. The largest absolute Gasteiger partial charge is 0.511 e. The highest BCUT2D eigenvalue weighted by molar-refractivity contribution is 6.24. The number of hydrogen-bond donors (Lipinski definition) is 1. The first-order valence-electron chi connectivity index (χ1n) is 9.68. The first-order chi connectivity index (χ1) is 13.6. The number of aliphatic hydroxyl groups is 1. The Bertz CT molecular complexity index is 1090. The molecule has 3 aromatic rings. The smallest absolute Gasteiger partial charge is 0.168 e. The van der Waals surface area contributed by atoms with Crippen LogP contribution in [0.1, 0.15) is 30.4 Å². The van der Waals surface area contributed by atoms with Crippen molar-refractivity contribution >= 4 is 28.0 Å². The number of fused-ring (bicyclic) bond motifs is 1. The van der Waals surface area contributed by atoms with Crippen molar-refractivity contribution in [2.45, 2.75) is 32.6 Å². The molecule has 3 nitrogen and oxygen atoms in total. The van der Waals surface area contributed by atoms with Gasteiger partial charge in [-0.2, -0.15) is 0 Å². The highest BCUT2D eigenvalue weighted by atomic mass is 16.3. The molecule has 0 aromatic heterocycles. The summed E-state index contributed by atoms with van der Waals surface area (Å²) in [5.74, 6) is 0.0989. The van der Waals surface area contributed by atoms with Crippen LogP contribution in [0.25, 0.3) is 10.8 Å². The molecule has 4 rings (SSSR count).